The SMILES string of the molecule is COc1ccc(NC(=O)C(c2cc(C)cc(C)c2)N(C)C(=O)C(CS)NC(=O)OC(C)(C)C)cc1. The number of hydrogen-bond acceptors (Lipinski definition) is 6. The molecule has 2 rings (SSSR count). The number of alkyl carbamates (subject to hydrolysis) is 1. The van der Waals surface area contributed by atoms with Crippen molar-refractivity contribution < 1.29 is 23.9 Å². The molecule has 2 N–H and O–H groups in total. The summed E-state index contributed by atoms with van der Waals surface area (Å²) in [5.74, 6) is -0.181. The molecule has 0 bridgehead atoms. The molecule has 2 unspecified atom stereocenters. The van der Waals surface area contributed by atoms with E-state index in [0.717, 1.165) is 11.1 Å². The average molecular weight is 502 g/mol. The Hall–Kier alpha value is -3.20. The molecule has 190 valence electrons. The molecule has 0 aliphatic rings. The van der Waals surface area contributed by atoms with Gasteiger partial charge in [-0.1, -0.05) is 29.3 Å². The number of carbonyl (C=O) groups excluding carboxylic acids is 3. The van der Waals surface area contributed by atoms with Crippen LogP contribution in [0.3, 0.4) is 0 Å². The van der Waals surface area contributed by atoms with E-state index in [4.69, 9.17) is 9.47 Å². The van der Waals surface area contributed by atoms with Gasteiger partial charge in [0, 0.05) is 18.5 Å². The summed E-state index contributed by atoms with van der Waals surface area (Å²) in [6, 6.07) is 10.7. The molecule has 8 nitrogen and oxygen atoms in total. The number of anilines is 1. The van der Waals surface area contributed by atoms with Crippen LogP contribution in [-0.4, -0.2) is 54.4 Å². The van der Waals surface area contributed by atoms with Gasteiger partial charge < -0.3 is 25.0 Å². The third-order valence-corrected chi connectivity index (χ3v) is 5.44. The van der Waals surface area contributed by atoms with E-state index in [1.165, 1.54) is 11.9 Å². The van der Waals surface area contributed by atoms with Crippen molar-refractivity contribution in [2.45, 2.75) is 52.3 Å². The van der Waals surface area contributed by atoms with E-state index in [2.05, 4.69) is 23.3 Å². The van der Waals surface area contributed by atoms with Gasteiger partial charge in [0.05, 0.1) is 7.11 Å². The van der Waals surface area contributed by atoms with Gasteiger partial charge in [0.1, 0.15) is 23.4 Å². The first-order valence-corrected chi connectivity index (χ1v) is 11.9. The smallest absolute Gasteiger partial charge is 0.408 e. The zero-order chi connectivity index (χ0) is 26.3. The first-order valence-electron chi connectivity index (χ1n) is 11.2. The predicted molar refractivity (Wildman–Crippen MR) is 140 cm³/mol. The van der Waals surface area contributed by atoms with E-state index in [0.29, 0.717) is 17.0 Å². The van der Waals surface area contributed by atoms with Crippen LogP contribution < -0.4 is 15.4 Å². The van der Waals surface area contributed by atoms with Gasteiger partial charge >= 0.3 is 6.09 Å². The molecule has 2 atom stereocenters. The Labute approximate surface area is 212 Å². The standard InChI is InChI=1S/C26H35N3O5S/c1-16-12-17(2)14-18(13-16)22(23(30)27-19-8-10-20(33-7)11-9-19)29(6)24(31)21(15-35)28-25(32)34-26(3,4)5/h8-14,21-22,35H,15H2,1-7H3,(H,27,30)(H,28,32). The van der Waals surface area contributed by atoms with Crippen molar-refractivity contribution >= 4 is 36.2 Å². The lowest BCUT2D eigenvalue weighted by molar-refractivity contribution is -0.138. The van der Waals surface area contributed by atoms with E-state index in [1.54, 1.807) is 52.1 Å². The van der Waals surface area contributed by atoms with Crippen molar-refractivity contribution in [3.05, 3.63) is 59.2 Å². The Bertz CT molecular complexity index is 1030. The van der Waals surface area contributed by atoms with Crippen LogP contribution in [0.2, 0.25) is 0 Å². The van der Waals surface area contributed by atoms with Crippen molar-refractivity contribution in [1.82, 2.24) is 10.2 Å². The van der Waals surface area contributed by atoms with E-state index in [1.807, 2.05) is 32.0 Å². The van der Waals surface area contributed by atoms with Crippen LogP contribution in [0.15, 0.2) is 42.5 Å². The summed E-state index contributed by atoms with van der Waals surface area (Å²) in [4.78, 5) is 40.5. The minimum absolute atomic E-state index is 0.0298. The number of methoxy groups -OCH3 is 1. The summed E-state index contributed by atoms with van der Waals surface area (Å²) in [5.41, 5.74) is 2.41. The lowest BCUT2D eigenvalue weighted by Crippen LogP contribution is -2.52. The van der Waals surface area contributed by atoms with Gasteiger partial charge in [-0.15, -0.1) is 0 Å². The normalized spacial score (nSPS) is 12.8. The van der Waals surface area contributed by atoms with Gasteiger partial charge in [-0.25, -0.2) is 4.79 Å². The van der Waals surface area contributed by atoms with Crippen molar-refractivity contribution in [2.24, 2.45) is 0 Å². The van der Waals surface area contributed by atoms with E-state index in [-0.39, 0.29) is 5.75 Å². The molecule has 2 aromatic rings. The maximum atomic E-state index is 13.5. The van der Waals surface area contributed by atoms with Crippen LogP contribution >= 0.6 is 12.6 Å². The zero-order valence-corrected chi connectivity index (χ0v) is 22.2. The monoisotopic (exact) mass is 501 g/mol. The van der Waals surface area contributed by atoms with Crippen molar-refractivity contribution in [3.63, 3.8) is 0 Å². The number of aryl methyl sites for hydroxylation is 2. The molecule has 0 heterocycles. The fourth-order valence-corrected chi connectivity index (χ4v) is 3.86. The minimum atomic E-state index is -0.986. The van der Waals surface area contributed by atoms with Gasteiger partial charge in [-0.05, 0) is 64.4 Å². The number of carbonyl (C=O) groups is 3. The number of likely N-dealkylation sites (N-methyl/N-ethyl adjacent to an activating group) is 1. The number of amides is 3. The number of nitrogens with one attached hydrogen (secondary N) is 2. The number of hydrogen-bond donors (Lipinski definition) is 3. The second kappa shape index (κ2) is 12.0. The number of benzene rings is 2. The van der Waals surface area contributed by atoms with Crippen molar-refractivity contribution in [3.8, 4) is 5.75 Å². The van der Waals surface area contributed by atoms with E-state index < -0.39 is 35.6 Å². The highest BCUT2D eigenvalue weighted by atomic mass is 32.1. The molecule has 0 saturated heterocycles. The Balaban J connectivity index is 2.35. The third-order valence-electron chi connectivity index (χ3n) is 5.07. The molecular formula is C26H35N3O5S. The van der Waals surface area contributed by atoms with Gasteiger partial charge in [-0.2, -0.15) is 12.6 Å². The minimum Gasteiger partial charge on any atom is -0.497 e. The molecular weight excluding hydrogens is 466 g/mol. The molecule has 9 heteroatoms. The second-order valence-electron chi connectivity index (χ2n) is 9.37. The molecule has 0 aliphatic heterocycles. The number of nitrogens with zero attached hydrogens (tertiary/aromatic N) is 1. The Morgan fingerprint density at radius 3 is 2.09 bits per heavy atom. The Kier molecular flexibility index (Phi) is 9.59. The number of thiol groups is 1. The maximum absolute atomic E-state index is 13.5. The average Bonchev–Trinajstić information content (AvgIpc) is 2.75. The second-order valence-corrected chi connectivity index (χ2v) is 9.74. The van der Waals surface area contributed by atoms with Crippen LogP contribution in [-0.2, 0) is 14.3 Å². The summed E-state index contributed by atoms with van der Waals surface area (Å²) in [5, 5.41) is 5.44. The highest BCUT2D eigenvalue weighted by molar-refractivity contribution is 7.80. The van der Waals surface area contributed by atoms with Crippen LogP contribution in [0.5, 0.6) is 5.75 Å². The van der Waals surface area contributed by atoms with Gasteiger partial charge in [0.25, 0.3) is 5.91 Å². The molecule has 0 fully saturated rings. The molecule has 0 aromatic heterocycles. The maximum Gasteiger partial charge on any atom is 0.408 e. The highest BCUT2D eigenvalue weighted by Gasteiger charge is 2.34. The van der Waals surface area contributed by atoms with Gasteiger partial charge in [0.15, 0.2) is 0 Å². The largest absolute Gasteiger partial charge is 0.497 e. The molecule has 0 saturated carbocycles. The van der Waals surface area contributed by atoms with Crippen LogP contribution in [0.4, 0.5) is 10.5 Å². The Morgan fingerprint density at radius 1 is 1.03 bits per heavy atom. The lowest BCUT2D eigenvalue weighted by Gasteiger charge is -2.31. The van der Waals surface area contributed by atoms with Gasteiger partial charge in [0.2, 0.25) is 5.91 Å². The molecule has 0 radical (unpaired) electrons. The molecule has 0 aliphatic carbocycles. The van der Waals surface area contributed by atoms with Gasteiger partial charge in [-0.3, -0.25) is 9.59 Å². The number of rotatable bonds is 8. The number of ether oxygens (including phenoxy) is 2. The molecule has 3 amide bonds. The Morgan fingerprint density at radius 2 is 1.60 bits per heavy atom. The first kappa shape index (κ1) is 28.0. The highest BCUT2D eigenvalue weighted by Crippen LogP contribution is 2.26. The zero-order valence-electron chi connectivity index (χ0n) is 21.3. The van der Waals surface area contributed by atoms with Crippen LogP contribution in [0.1, 0.15) is 43.5 Å². The summed E-state index contributed by atoms with van der Waals surface area (Å²) in [7, 11) is 3.10. The van der Waals surface area contributed by atoms with E-state index >= 15 is 0 Å². The topological polar surface area (TPSA) is 97.0 Å². The first-order chi connectivity index (χ1) is 16.3. The molecule has 35 heavy (non-hydrogen) atoms. The molecule has 0 spiro atoms. The molecule has 2 aromatic carbocycles. The summed E-state index contributed by atoms with van der Waals surface area (Å²) < 4.78 is 10.4. The van der Waals surface area contributed by atoms with Crippen molar-refractivity contribution in [1.29, 1.82) is 0 Å². The quantitative estimate of drug-likeness (QED) is 0.470. The fraction of sp³-hybridized carbons (Fsp3) is 0.423. The van der Waals surface area contributed by atoms with Crippen LogP contribution in [0, 0.1) is 13.8 Å². The third kappa shape index (κ3) is 8.20. The fourth-order valence-electron chi connectivity index (χ4n) is 3.61. The summed E-state index contributed by atoms with van der Waals surface area (Å²) in [6.45, 7) is 9.05. The lowest BCUT2D eigenvalue weighted by atomic mass is 9.99. The summed E-state index contributed by atoms with van der Waals surface area (Å²) in [6.07, 6.45) is -0.732. The van der Waals surface area contributed by atoms with Crippen molar-refractivity contribution in [2.75, 3.05) is 25.2 Å². The predicted octanol–water partition coefficient (Wildman–Crippen LogP) is 4.27. The summed E-state index contributed by atoms with van der Waals surface area (Å²) >= 11 is 4.24. The van der Waals surface area contributed by atoms with E-state index in [9.17, 15) is 14.4 Å². The van der Waals surface area contributed by atoms with Crippen LogP contribution in [0.25, 0.3) is 0 Å².